The Hall–Kier alpha value is -3.42. The number of hydrogen-bond donors (Lipinski definition) is 2. The maximum absolute atomic E-state index is 11.5. The van der Waals surface area contributed by atoms with Crippen molar-refractivity contribution >= 4 is 44.2 Å². The number of nitrogens with zero attached hydrogens (tertiary/aromatic N) is 2. The molecule has 2 N–H and O–H groups in total. The number of aliphatic imine (C=N–C) groups is 1. The second kappa shape index (κ2) is 11.3. The van der Waals surface area contributed by atoms with Gasteiger partial charge >= 0.3 is 5.97 Å². The number of likely N-dealkylation sites (tertiary alicyclic amines) is 1. The summed E-state index contributed by atoms with van der Waals surface area (Å²) < 4.78 is 5.69. The zero-order chi connectivity index (χ0) is 25.8. The van der Waals surface area contributed by atoms with Gasteiger partial charge in [0.1, 0.15) is 0 Å². The van der Waals surface area contributed by atoms with E-state index in [1.165, 1.54) is 25.5 Å². The number of fused-ring (bicyclic) bond motifs is 1. The van der Waals surface area contributed by atoms with E-state index in [0.29, 0.717) is 24.1 Å². The Labute approximate surface area is 225 Å². The lowest BCUT2D eigenvalue weighted by Gasteiger charge is -2.14. The van der Waals surface area contributed by atoms with Gasteiger partial charge in [0.25, 0.3) is 0 Å². The number of ether oxygens (including phenoxy) is 1. The molecule has 1 aliphatic heterocycles. The van der Waals surface area contributed by atoms with E-state index in [9.17, 15) is 9.90 Å². The first-order valence-corrected chi connectivity index (χ1v) is 13.4. The minimum atomic E-state index is -0.227. The summed E-state index contributed by atoms with van der Waals surface area (Å²) in [4.78, 5) is 22.2. The third-order valence-corrected chi connectivity index (χ3v) is 7.33. The molecule has 2 heterocycles. The zero-order valence-electron chi connectivity index (χ0n) is 20.8. The van der Waals surface area contributed by atoms with Crippen molar-refractivity contribution in [2.24, 2.45) is 4.99 Å². The van der Waals surface area contributed by atoms with Crippen LogP contribution in [0.3, 0.4) is 0 Å². The number of nitrogens with one attached hydrogen (secondary N) is 1. The monoisotopic (exact) mass is 559 g/mol. The molecule has 1 aliphatic rings. The van der Waals surface area contributed by atoms with Gasteiger partial charge in [0, 0.05) is 28.4 Å². The highest BCUT2D eigenvalue weighted by atomic mass is 79.9. The second-order valence-corrected chi connectivity index (χ2v) is 10.3. The smallest absolute Gasteiger partial charge is 0.305 e. The number of aromatic hydroxyl groups is 1. The number of hydrogen-bond acceptors (Lipinski definition) is 5. The highest BCUT2D eigenvalue weighted by Gasteiger charge is 2.19. The molecule has 1 saturated heterocycles. The number of benzene rings is 3. The van der Waals surface area contributed by atoms with Crippen LogP contribution in [0.2, 0.25) is 0 Å². The second-order valence-electron chi connectivity index (χ2n) is 9.42. The van der Waals surface area contributed by atoms with E-state index in [2.05, 4.69) is 37.9 Å². The van der Waals surface area contributed by atoms with Crippen LogP contribution in [0.15, 0.2) is 76.2 Å². The third-order valence-electron chi connectivity index (χ3n) is 6.83. The SMILES string of the molecule is COC(=O)CCc1ccc(C(=Nc2ccc(CN3CCCC3)cc2)c2c(O)[nH]c3cc(Br)ccc23)cc1. The normalized spacial score (nSPS) is 14.4. The molecule has 0 radical (unpaired) electrons. The van der Waals surface area contributed by atoms with E-state index in [1.807, 2.05) is 54.6 Å². The molecule has 7 heteroatoms. The fraction of sp³-hybridized carbons (Fsp3) is 0.267. The van der Waals surface area contributed by atoms with Gasteiger partial charge in [0.05, 0.1) is 29.6 Å². The lowest BCUT2D eigenvalue weighted by atomic mass is 9.98. The number of esters is 1. The number of aromatic amines is 1. The van der Waals surface area contributed by atoms with E-state index >= 15 is 0 Å². The number of halogens is 1. The van der Waals surface area contributed by atoms with Gasteiger partial charge in [0.2, 0.25) is 0 Å². The molecule has 4 aromatic rings. The fourth-order valence-electron chi connectivity index (χ4n) is 4.84. The van der Waals surface area contributed by atoms with Crippen LogP contribution in [0.1, 0.15) is 41.5 Å². The van der Waals surface area contributed by atoms with Crippen molar-refractivity contribution in [2.45, 2.75) is 32.2 Å². The predicted octanol–water partition coefficient (Wildman–Crippen LogP) is 6.51. The van der Waals surface area contributed by atoms with Crippen LogP contribution in [-0.2, 0) is 22.5 Å². The van der Waals surface area contributed by atoms with Gasteiger partial charge in [-0.25, -0.2) is 4.99 Å². The predicted molar refractivity (Wildman–Crippen MR) is 151 cm³/mol. The van der Waals surface area contributed by atoms with E-state index in [0.717, 1.165) is 51.8 Å². The lowest BCUT2D eigenvalue weighted by molar-refractivity contribution is -0.140. The molecule has 1 fully saturated rings. The largest absolute Gasteiger partial charge is 0.494 e. The molecule has 37 heavy (non-hydrogen) atoms. The maximum atomic E-state index is 11.5. The summed E-state index contributed by atoms with van der Waals surface area (Å²) in [5.41, 5.74) is 6.17. The molecular formula is C30H30BrN3O3. The van der Waals surface area contributed by atoms with Gasteiger partial charge in [-0.15, -0.1) is 0 Å². The average molecular weight is 560 g/mol. The van der Waals surface area contributed by atoms with Crippen molar-refractivity contribution in [3.63, 3.8) is 0 Å². The number of methoxy groups -OCH3 is 1. The van der Waals surface area contributed by atoms with Gasteiger partial charge in [-0.2, -0.15) is 0 Å². The minimum Gasteiger partial charge on any atom is -0.494 e. The maximum Gasteiger partial charge on any atom is 0.305 e. The molecule has 190 valence electrons. The topological polar surface area (TPSA) is 77.9 Å². The first-order valence-electron chi connectivity index (χ1n) is 12.6. The first kappa shape index (κ1) is 25.2. The number of aryl methyl sites for hydroxylation is 1. The van der Waals surface area contributed by atoms with E-state index < -0.39 is 0 Å². The summed E-state index contributed by atoms with van der Waals surface area (Å²) in [6.07, 6.45) is 3.48. The van der Waals surface area contributed by atoms with Gasteiger partial charge in [-0.05, 0) is 67.7 Å². The Bertz CT molecular complexity index is 1420. The van der Waals surface area contributed by atoms with Gasteiger partial charge in [0.15, 0.2) is 5.88 Å². The van der Waals surface area contributed by atoms with Crippen molar-refractivity contribution < 1.29 is 14.6 Å². The molecule has 0 aliphatic carbocycles. The molecule has 0 spiro atoms. The fourth-order valence-corrected chi connectivity index (χ4v) is 5.20. The summed E-state index contributed by atoms with van der Waals surface area (Å²) in [6.45, 7) is 3.28. The van der Waals surface area contributed by atoms with Crippen molar-refractivity contribution in [1.82, 2.24) is 9.88 Å². The van der Waals surface area contributed by atoms with E-state index in [-0.39, 0.29) is 11.8 Å². The van der Waals surface area contributed by atoms with Crippen molar-refractivity contribution in [2.75, 3.05) is 20.2 Å². The van der Waals surface area contributed by atoms with Crippen molar-refractivity contribution in [3.05, 3.63) is 93.5 Å². The molecular weight excluding hydrogens is 530 g/mol. The Morgan fingerprint density at radius 2 is 1.73 bits per heavy atom. The van der Waals surface area contributed by atoms with Gasteiger partial charge in [-0.1, -0.05) is 58.4 Å². The molecule has 0 saturated carbocycles. The van der Waals surface area contributed by atoms with Gasteiger partial charge in [-0.3, -0.25) is 9.69 Å². The van der Waals surface area contributed by atoms with E-state index in [1.54, 1.807) is 0 Å². The minimum absolute atomic E-state index is 0.0762. The standard InChI is InChI=1S/C30H30BrN3O3/c1-37-27(35)15-8-20-4-9-22(10-5-20)29(28-25-14-11-23(31)18-26(25)33-30(28)36)32-24-12-6-21(7-13-24)19-34-16-2-3-17-34/h4-7,9-14,18,33,36H,2-3,8,15-17,19H2,1H3. The highest BCUT2D eigenvalue weighted by molar-refractivity contribution is 9.10. The highest BCUT2D eigenvalue weighted by Crippen LogP contribution is 2.33. The Morgan fingerprint density at radius 1 is 1.03 bits per heavy atom. The summed E-state index contributed by atoms with van der Waals surface area (Å²) in [7, 11) is 1.40. The Morgan fingerprint density at radius 3 is 2.43 bits per heavy atom. The van der Waals surface area contributed by atoms with Crippen LogP contribution >= 0.6 is 15.9 Å². The van der Waals surface area contributed by atoms with E-state index in [4.69, 9.17) is 9.73 Å². The number of aromatic nitrogens is 1. The Kier molecular flexibility index (Phi) is 7.72. The summed E-state index contributed by atoms with van der Waals surface area (Å²) in [5.74, 6) is -0.151. The molecule has 3 aromatic carbocycles. The molecule has 1 aromatic heterocycles. The van der Waals surface area contributed by atoms with Crippen LogP contribution in [-0.4, -0.2) is 46.9 Å². The van der Waals surface area contributed by atoms with Crippen LogP contribution in [0.5, 0.6) is 5.88 Å². The molecule has 0 bridgehead atoms. The summed E-state index contributed by atoms with van der Waals surface area (Å²) in [6, 6.07) is 22.2. The number of carbonyl (C=O) groups excluding carboxylic acids is 1. The third kappa shape index (κ3) is 5.95. The van der Waals surface area contributed by atoms with Crippen LogP contribution in [0.4, 0.5) is 5.69 Å². The summed E-state index contributed by atoms with van der Waals surface area (Å²) in [5, 5.41) is 11.8. The quantitative estimate of drug-likeness (QED) is 0.190. The van der Waals surface area contributed by atoms with Crippen LogP contribution in [0.25, 0.3) is 10.9 Å². The van der Waals surface area contributed by atoms with Crippen molar-refractivity contribution in [3.8, 4) is 5.88 Å². The number of H-pyrrole nitrogens is 1. The van der Waals surface area contributed by atoms with Crippen LogP contribution < -0.4 is 0 Å². The molecule has 0 unspecified atom stereocenters. The lowest BCUT2D eigenvalue weighted by Crippen LogP contribution is -2.18. The van der Waals surface area contributed by atoms with Crippen molar-refractivity contribution in [1.29, 1.82) is 0 Å². The molecule has 6 nitrogen and oxygen atoms in total. The molecule has 0 atom stereocenters. The Balaban J connectivity index is 1.51. The summed E-state index contributed by atoms with van der Waals surface area (Å²) >= 11 is 3.51. The van der Waals surface area contributed by atoms with Crippen LogP contribution in [0, 0.1) is 0 Å². The number of rotatable bonds is 8. The first-order chi connectivity index (χ1) is 18.0. The molecule has 0 amide bonds. The zero-order valence-corrected chi connectivity index (χ0v) is 22.4. The molecule has 5 rings (SSSR count). The van der Waals surface area contributed by atoms with Gasteiger partial charge < -0.3 is 14.8 Å². The average Bonchev–Trinajstić information content (AvgIpc) is 3.53. The number of carbonyl (C=O) groups is 1.